The minimum atomic E-state index is -0.631. The summed E-state index contributed by atoms with van der Waals surface area (Å²) in [5.41, 5.74) is 2.35. The molecule has 2 N–H and O–H groups in total. The number of carbonyl (C=O) groups excluding carboxylic acids is 3. The molecular weight excluding hydrogens is 398 g/mol. The minimum Gasteiger partial charge on any atom is -0.462 e. The second-order valence-electron chi connectivity index (χ2n) is 7.98. The van der Waals surface area contributed by atoms with Crippen molar-refractivity contribution in [3.63, 3.8) is 0 Å². The molecule has 31 heavy (non-hydrogen) atoms. The van der Waals surface area contributed by atoms with E-state index < -0.39 is 12.0 Å². The first kappa shape index (κ1) is 24.4. The molecule has 1 heterocycles. The van der Waals surface area contributed by atoms with Gasteiger partial charge in [-0.1, -0.05) is 39.3 Å². The second-order valence-corrected chi connectivity index (χ2v) is 7.98. The van der Waals surface area contributed by atoms with Gasteiger partial charge < -0.3 is 20.1 Å². The van der Waals surface area contributed by atoms with Gasteiger partial charge in [-0.25, -0.2) is 9.59 Å². The van der Waals surface area contributed by atoms with Gasteiger partial charge in [0.05, 0.1) is 18.2 Å². The van der Waals surface area contributed by atoms with Gasteiger partial charge in [0.25, 0.3) is 0 Å². The van der Waals surface area contributed by atoms with Crippen LogP contribution in [0.15, 0.2) is 35.5 Å². The summed E-state index contributed by atoms with van der Waals surface area (Å²) >= 11 is 0. The fraction of sp³-hybridized carbons (Fsp3) is 0.522. The van der Waals surface area contributed by atoms with E-state index in [4.69, 9.17) is 9.47 Å². The molecule has 8 heteroatoms. The number of amides is 3. The minimum absolute atomic E-state index is 0.0399. The normalized spacial score (nSPS) is 16.4. The lowest BCUT2D eigenvalue weighted by Gasteiger charge is -2.35. The number of carbonyl (C=O) groups is 3. The fourth-order valence-corrected chi connectivity index (χ4v) is 3.29. The molecule has 1 aromatic rings. The Morgan fingerprint density at radius 1 is 1.23 bits per heavy atom. The Morgan fingerprint density at radius 2 is 1.90 bits per heavy atom. The molecule has 1 unspecified atom stereocenters. The average Bonchev–Trinajstić information content (AvgIpc) is 2.72. The Morgan fingerprint density at radius 3 is 2.48 bits per heavy atom. The maximum atomic E-state index is 13.0. The van der Waals surface area contributed by atoms with Crippen LogP contribution in [0.3, 0.4) is 0 Å². The first-order valence-corrected chi connectivity index (χ1v) is 10.6. The highest BCUT2D eigenvalue weighted by atomic mass is 16.5. The van der Waals surface area contributed by atoms with Gasteiger partial charge in [0.15, 0.2) is 0 Å². The molecule has 0 saturated heterocycles. The first-order chi connectivity index (χ1) is 14.8. The molecule has 0 aliphatic carbocycles. The number of methoxy groups -OCH3 is 1. The van der Waals surface area contributed by atoms with E-state index >= 15 is 0 Å². The predicted octanol–water partition coefficient (Wildman–Crippen LogP) is 3.61. The molecule has 0 fully saturated rings. The first-order valence-electron chi connectivity index (χ1n) is 10.6. The molecule has 1 atom stereocenters. The highest BCUT2D eigenvalue weighted by Gasteiger charge is 2.36. The van der Waals surface area contributed by atoms with E-state index in [0.717, 1.165) is 18.4 Å². The smallest absolute Gasteiger partial charge is 0.338 e. The van der Waals surface area contributed by atoms with Crippen LogP contribution in [0.25, 0.3) is 0 Å². The van der Waals surface area contributed by atoms with Gasteiger partial charge in [-0.15, -0.1) is 0 Å². The lowest BCUT2D eigenvalue weighted by Crippen LogP contribution is -2.48. The van der Waals surface area contributed by atoms with Crippen LogP contribution in [0.2, 0.25) is 0 Å². The van der Waals surface area contributed by atoms with E-state index in [1.807, 2.05) is 13.8 Å². The third kappa shape index (κ3) is 6.55. The van der Waals surface area contributed by atoms with Crippen LogP contribution in [-0.2, 0) is 19.1 Å². The molecule has 1 aromatic carbocycles. The quantitative estimate of drug-likeness (QED) is 0.552. The molecule has 8 nitrogen and oxygen atoms in total. The number of nitrogens with zero attached hydrogens (tertiary/aromatic N) is 1. The number of anilines is 1. The average molecular weight is 432 g/mol. The van der Waals surface area contributed by atoms with Crippen LogP contribution in [0.5, 0.6) is 0 Å². The molecule has 0 radical (unpaired) electrons. The standard InChI is InChI=1S/C23H33N3O5/c1-6-7-12-26-16(4)20(22(28)31-13-15(2)3)21(25-23(26)29)17-8-10-18(11-9-17)24-19(27)14-30-5/h8-11,15,21H,6-7,12-14H2,1-5H3,(H,24,27)(H,25,29). The van der Waals surface area contributed by atoms with E-state index in [0.29, 0.717) is 30.1 Å². The zero-order chi connectivity index (χ0) is 23.0. The maximum Gasteiger partial charge on any atom is 0.338 e. The Hall–Kier alpha value is -2.87. The molecule has 0 aromatic heterocycles. The highest BCUT2D eigenvalue weighted by Crippen LogP contribution is 2.32. The second kappa shape index (κ2) is 11.5. The SMILES string of the molecule is CCCCN1C(=O)NC(c2ccc(NC(=O)COC)cc2)C(C(=O)OCC(C)C)=C1C. The van der Waals surface area contributed by atoms with Gasteiger partial charge >= 0.3 is 12.0 Å². The van der Waals surface area contributed by atoms with Crippen molar-refractivity contribution < 1.29 is 23.9 Å². The van der Waals surface area contributed by atoms with E-state index in [1.54, 1.807) is 36.1 Å². The number of ether oxygens (including phenoxy) is 2. The Balaban J connectivity index is 2.34. The summed E-state index contributed by atoms with van der Waals surface area (Å²) in [6.45, 7) is 8.57. The van der Waals surface area contributed by atoms with Crippen molar-refractivity contribution in [1.82, 2.24) is 10.2 Å². The summed E-state index contributed by atoms with van der Waals surface area (Å²) in [6, 6.07) is 6.13. The number of hydrogen-bond acceptors (Lipinski definition) is 5. The van der Waals surface area contributed by atoms with Crippen LogP contribution in [-0.4, -0.2) is 49.7 Å². The molecule has 3 amide bonds. The van der Waals surface area contributed by atoms with E-state index in [1.165, 1.54) is 7.11 Å². The van der Waals surface area contributed by atoms with Gasteiger partial charge in [-0.3, -0.25) is 9.69 Å². The topological polar surface area (TPSA) is 97.0 Å². The van der Waals surface area contributed by atoms with Crippen LogP contribution >= 0.6 is 0 Å². The van der Waals surface area contributed by atoms with Crippen LogP contribution in [0.1, 0.15) is 52.1 Å². The van der Waals surface area contributed by atoms with Crippen molar-refractivity contribution in [2.75, 3.05) is 32.2 Å². The maximum absolute atomic E-state index is 13.0. The number of nitrogens with one attached hydrogen (secondary N) is 2. The summed E-state index contributed by atoms with van der Waals surface area (Å²) in [7, 11) is 1.45. The highest BCUT2D eigenvalue weighted by molar-refractivity contribution is 5.95. The Kier molecular flexibility index (Phi) is 9.05. The number of esters is 1. The van der Waals surface area contributed by atoms with Gasteiger partial charge in [0.1, 0.15) is 6.61 Å². The number of rotatable bonds is 10. The lowest BCUT2D eigenvalue weighted by atomic mass is 9.94. The van der Waals surface area contributed by atoms with Crippen LogP contribution in [0.4, 0.5) is 10.5 Å². The Bertz CT molecular complexity index is 817. The molecule has 1 aliphatic heterocycles. The number of hydrogen-bond donors (Lipinski definition) is 2. The molecule has 170 valence electrons. The van der Waals surface area contributed by atoms with Crippen LogP contribution < -0.4 is 10.6 Å². The number of urea groups is 1. The largest absolute Gasteiger partial charge is 0.462 e. The summed E-state index contributed by atoms with van der Waals surface area (Å²) in [6.07, 6.45) is 1.77. The van der Waals surface area contributed by atoms with Gasteiger partial charge in [-0.05, 0) is 37.0 Å². The van der Waals surface area contributed by atoms with Crippen molar-refractivity contribution in [3.05, 3.63) is 41.1 Å². The van der Waals surface area contributed by atoms with Gasteiger partial charge in [-0.2, -0.15) is 0 Å². The predicted molar refractivity (Wildman–Crippen MR) is 118 cm³/mol. The van der Waals surface area contributed by atoms with Crippen LogP contribution in [0, 0.1) is 5.92 Å². The summed E-state index contributed by atoms with van der Waals surface area (Å²) in [4.78, 5) is 39.1. The molecule has 0 spiro atoms. The number of benzene rings is 1. The third-order valence-electron chi connectivity index (χ3n) is 4.90. The van der Waals surface area contributed by atoms with E-state index in [2.05, 4.69) is 17.6 Å². The zero-order valence-corrected chi connectivity index (χ0v) is 19.0. The van der Waals surface area contributed by atoms with Crippen molar-refractivity contribution in [2.24, 2.45) is 5.92 Å². The summed E-state index contributed by atoms with van der Waals surface area (Å²) < 4.78 is 10.3. The lowest BCUT2D eigenvalue weighted by molar-refractivity contribution is -0.140. The van der Waals surface area contributed by atoms with Crippen molar-refractivity contribution in [3.8, 4) is 0 Å². The van der Waals surface area contributed by atoms with Gasteiger partial charge in [0.2, 0.25) is 5.91 Å². The molecule has 0 saturated carbocycles. The molecule has 2 rings (SSSR count). The number of unbranched alkanes of at least 4 members (excludes halogenated alkanes) is 1. The van der Waals surface area contributed by atoms with Crippen molar-refractivity contribution in [1.29, 1.82) is 0 Å². The Labute approximate surface area is 184 Å². The molecule has 1 aliphatic rings. The van der Waals surface area contributed by atoms with Crippen molar-refractivity contribution in [2.45, 2.75) is 46.6 Å². The third-order valence-corrected chi connectivity index (χ3v) is 4.90. The van der Waals surface area contributed by atoms with E-state index in [9.17, 15) is 14.4 Å². The number of allylic oxidation sites excluding steroid dienone is 1. The summed E-state index contributed by atoms with van der Waals surface area (Å²) in [5, 5.41) is 5.67. The molecular formula is C23H33N3O5. The zero-order valence-electron chi connectivity index (χ0n) is 19.0. The monoisotopic (exact) mass is 431 g/mol. The molecule has 0 bridgehead atoms. The van der Waals surface area contributed by atoms with Gasteiger partial charge in [0, 0.05) is 25.0 Å². The summed E-state index contributed by atoms with van der Waals surface area (Å²) in [5.74, 6) is -0.496. The fourth-order valence-electron chi connectivity index (χ4n) is 3.29. The van der Waals surface area contributed by atoms with E-state index in [-0.39, 0.29) is 24.5 Å². The van der Waals surface area contributed by atoms with Crippen molar-refractivity contribution >= 4 is 23.6 Å².